The van der Waals surface area contributed by atoms with E-state index in [4.69, 9.17) is 21.7 Å². The predicted octanol–water partition coefficient (Wildman–Crippen LogP) is 1.03. The average Bonchev–Trinajstić information content (AvgIpc) is 2.97. The first-order chi connectivity index (χ1) is 10.3. The van der Waals surface area contributed by atoms with E-state index in [2.05, 4.69) is 32.9 Å². The van der Waals surface area contributed by atoms with Crippen LogP contribution in [0.2, 0.25) is 0 Å². The van der Waals surface area contributed by atoms with Crippen molar-refractivity contribution in [3.8, 4) is 0 Å². The summed E-state index contributed by atoms with van der Waals surface area (Å²) < 4.78 is 10.3. The molecular weight excluding hydrogens is 308 g/mol. The van der Waals surface area contributed by atoms with Gasteiger partial charge >= 0.3 is 0 Å². The van der Waals surface area contributed by atoms with Crippen LogP contribution in [0.4, 0.5) is 5.00 Å². The third kappa shape index (κ3) is 5.58. The number of thiophene rings is 1. The van der Waals surface area contributed by atoms with Gasteiger partial charge in [-0.15, -0.1) is 11.3 Å². The number of morpholine rings is 1. The van der Waals surface area contributed by atoms with Crippen LogP contribution in [0.15, 0.2) is 17.2 Å². The number of anilines is 1. The Kier molecular flexibility index (Phi) is 6.87. The normalized spacial score (nSPS) is 15.4. The average molecular weight is 328 g/mol. The van der Waals surface area contributed by atoms with Crippen molar-refractivity contribution < 1.29 is 9.47 Å². The molecule has 0 atom stereocenters. The zero-order chi connectivity index (χ0) is 14.9. The van der Waals surface area contributed by atoms with Crippen molar-refractivity contribution in [1.82, 2.24) is 10.7 Å². The summed E-state index contributed by atoms with van der Waals surface area (Å²) >= 11 is 6.79. The van der Waals surface area contributed by atoms with Crippen molar-refractivity contribution >= 4 is 39.9 Å². The molecule has 6 nitrogen and oxygen atoms in total. The molecule has 1 fully saturated rings. The Morgan fingerprint density at radius 3 is 3.10 bits per heavy atom. The van der Waals surface area contributed by atoms with Crippen molar-refractivity contribution in [2.75, 3.05) is 51.5 Å². The molecule has 0 aromatic carbocycles. The molecule has 0 radical (unpaired) electrons. The summed E-state index contributed by atoms with van der Waals surface area (Å²) in [5.41, 5.74) is 2.79. The summed E-state index contributed by atoms with van der Waals surface area (Å²) in [4.78, 5) is 3.42. The lowest BCUT2D eigenvalue weighted by Gasteiger charge is -2.27. The molecule has 0 bridgehead atoms. The summed E-state index contributed by atoms with van der Waals surface area (Å²) in [5.74, 6) is 0. The van der Waals surface area contributed by atoms with Gasteiger partial charge in [-0.3, -0.25) is 5.43 Å². The minimum absolute atomic E-state index is 0.494. The molecule has 1 aliphatic heterocycles. The number of hydrogen-bond acceptors (Lipinski definition) is 6. The highest BCUT2D eigenvalue weighted by atomic mass is 32.1. The highest BCUT2D eigenvalue weighted by Crippen LogP contribution is 2.25. The molecule has 8 heteroatoms. The molecule has 21 heavy (non-hydrogen) atoms. The molecular formula is C13H20N4O2S2. The van der Waals surface area contributed by atoms with Gasteiger partial charge in [0.25, 0.3) is 0 Å². The Labute approximate surface area is 134 Å². The van der Waals surface area contributed by atoms with Gasteiger partial charge in [-0.25, -0.2) is 0 Å². The number of nitrogens with zero attached hydrogens (tertiary/aromatic N) is 2. The first kappa shape index (κ1) is 16.2. The highest BCUT2D eigenvalue weighted by Gasteiger charge is 2.12. The third-order valence-electron chi connectivity index (χ3n) is 2.88. The number of hydrazone groups is 1. The van der Waals surface area contributed by atoms with Gasteiger partial charge < -0.3 is 19.7 Å². The van der Waals surface area contributed by atoms with Crippen LogP contribution >= 0.6 is 23.6 Å². The Morgan fingerprint density at radius 1 is 1.52 bits per heavy atom. The fraction of sp³-hybridized carbons (Fsp3) is 0.538. The molecule has 0 amide bonds. The van der Waals surface area contributed by atoms with Gasteiger partial charge in [-0.2, -0.15) is 5.10 Å². The number of hydrogen-bond donors (Lipinski definition) is 2. The molecule has 2 N–H and O–H groups in total. The molecule has 1 aromatic heterocycles. The standard InChI is InChI=1S/C13H20N4O2S2/c1-18-7-4-14-13(20)16-15-10-11-2-3-12(21-11)17-5-8-19-9-6-17/h2-3,10H,4-9H2,1H3,(H2,14,16,20)/b15-10-. The lowest BCUT2D eigenvalue weighted by atomic mass is 10.4. The molecule has 1 saturated heterocycles. The van der Waals surface area contributed by atoms with Crippen molar-refractivity contribution in [1.29, 1.82) is 0 Å². The van der Waals surface area contributed by atoms with Crippen molar-refractivity contribution in [2.45, 2.75) is 0 Å². The van der Waals surface area contributed by atoms with Crippen molar-refractivity contribution in [3.05, 3.63) is 17.0 Å². The SMILES string of the molecule is COCCNC(=S)N/N=C\c1ccc(N2CCOCC2)s1. The largest absolute Gasteiger partial charge is 0.383 e. The number of methoxy groups -OCH3 is 1. The molecule has 2 rings (SSSR count). The van der Waals surface area contributed by atoms with E-state index in [0.717, 1.165) is 31.2 Å². The quantitative estimate of drug-likeness (QED) is 0.352. The monoisotopic (exact) mass is 328 g/mol. The third-order valence-corrected chi connectivity index (χ3v) is 4.20. The van der Waals surface area contributed by atoms with Gasteiger partial charge in [0.1, 0.15) is 0 Å². The maximum Gasteiger partial charge on any atom is 0.187 e. The minimum Gasteiger partial charge on any atom is -0.383 e. The van der Waals surface area contributed by atoms with E-state index in [9.17, 15) is 0 Å². The second-order valence-electron chi connectivity index (χ2n) is 4.39. The lowest BCUT2D eigenvalue weighted by molar-refractivity contribution is 0.123. The van der Waals surface area contributed by atoms with Gasteiger partial charge in [-0.05, 0) is 24.4 Å². The van der Waals surface area contributed by atoms with Crippen LogP contribution in [0, 0.1) is 0 Å². The van der Waals surface area contributed by atoms with Crippen molar-refractivity contribution in [3.63, 3.8) is 0 Å². The molecule has 116 valence electrons. The van der Waals surface area contributed by atoms with Gasteiger partial charge in [0.2, 0.25) is 0 Å². The first-order valence-corrected chi connectivity index (χ1v) is 8.00. The molecule has 0 aliphatic carbocycles. The van der Waals surface area contributed by atoms with E-state index in [0.29, 0.717) is 18.3 Å². The maximum absolute atomic E-state index is 5.36. The van der Waals surface area contributed by atoms with Crippen molar-refractivity contribution in [2.24, 2.45) is 5.10 Å². The molecule has 1 aliphatic rings. The summed E-state index contributed by atoms with van der Waals surface area (Å²) in [6, 6.07) is 4.18. The van der Waals surface area contributed by atoms with E-state index >= 15 is 0 Å². The zero-order valence-corrected chi connectivity index (χ0v) is 13.6. The Morgan fingerprint density at radius 2 is 2.33 bits per heavy atom. The molecule has 1 aromatic rings. The van der Waals surface area contributed by atoms with Crippen LogP contribution in [0.1, 0.15) is 4.88 Å². The van der Waals surface area contributed by atoms with Gasteiger partial charge in [0, 0.05) is 31.6 Å². The maximum atomic E-state index is 5.36. The summed E-state index contributed by atoms with van der Waals surface area (Å²) in [7, 11) is 1.65. The number of thiocarbonyl (C=S) groups is 1. The second-order valence-corrected chi connectivity index (χ2v) is 5.90. The molecule has 0 unspecified atom stereocenters. The van der Waals surface area contributed by atoms with Crippen LogP contribution in [0.25, 0.3) is 0 Å². The summed E-state index contributed by atoms with van der Waals surface area (Å²) in [5, 5.41) is 8.86. The first-order valence-electron chi connectivity index (χ1n) is 6.78. The highest BCUT2D eigenvalue weighted by molar-refractivity contribution is 7.80. The number of nitrogens with one attached hydrogen (secondary N) is 2. The Bertz CT molecular complexity index is 472. The minimum atomic E-state index is 0.494. The van der Waals surface area contributed by atoms with Crippen LogP contribution in [0.5, 0.6) is 0 Å². The molecule has 0 saturated carbocycles. The van der Waals surface area contributed by atoms with E-state index in [1.807, 2.05) is 0 Å². The molecule has 0 spiro atoms. The smallest absolute Gasteiger partial charge is 0.187 e. The van der Waals surface area contributed by atoms with Gasteiger partial charge in [0.15, 0.2) is 5.11 Å². The van der Waals surface area contributed by atoms with Crippen LogP contribution in [-0.4, -0.2) is 57.9 Å². The Hall–Kier alpha value is -1.22. The number of rotatable bonds is 6. The molecule has 2 heterocycles. The second kappa shape index (κ2) is 8.93. The summed E-state index contributed by atoms with van der Waals surface area (Å²) in [6.45, 7) is 4.76. The van der Waals surface area contributed by atoms with E-state index in [1.54, 1.807) is 24.7 Å². The summed E-state index contributed by atoms with van der Waals surface area (Å²) in [6.07, 6.45) is 1.78. The van der Waals surface area contributed by atoms with Crippen LogP contribution in [0.3, 0.4) is 0 Å². The fourth-order valence-corrected chi connectivity index (χ4v) is 2.91. The van der Waals surface area contributed by atoms with Crippen LogP contribution < -0.4 is 15.6 Å². The van der Waals surface area contributed by atoms with Gasteiger partial charge in [0.05, 0.1) is 31.0 Å². The van der Waals surface area contributed by atoms with Gasteiger partial charge in [-0.1, -0.05) is 0 Å². The zero-order valence-electron chi connectivity index (χ0n) is 12.0. The fourth-order valence-electron chi connectivity index (χ4n) is 1.83. The van der Waals surface area contributed by atoms with E-state index in [1.165, 1.54) is 5.00 Å². The Balaban J connectivity index is 1.76. The van der Waals surface area contributed by atoms with E-state index in [-0.39, 0.29) is 0 Å². The lowest BCUT2D eigenvalue weighted by Crippen LogP contribution is -2.35. The topological polar surface area (TPSA) is 58.1 Å². The predicted molar refractivity (Wildman–Crippen MR) is 90.6 cm³/mol. The van der Waals surface area contributed by atoms with Crippen LogP contribution in [-0.2, 0) is 9.47 Å². The number of ether oxygens (including phenoxy) is 2. The van der Waals surface area contributed by atoms with E-state index < -0.39 is 0 Å².